The minimum absolute atomic E-state index is 0.103. The molecule has 0 aromatic heterocycles. The Morgan fingerprint density at radius 3 is 2.38 bits per heavy atom. The Hall–Kier alpha value is -1.30. The number of rotatable bonds is 3. The van der Waals surface area contributed by atoms with Gasteiger partial charge in [-0.3, -0.25) is 0 Å². The number of nitrogens with zero attached hydrogens (tertiary/aromatic N) is 2. The van der Waals surface area contributed by atoms with E-state index in [1.54, 1.807) is 4.90 Å². The molecule has 92 valence electrons. The van der Waals surface area contributed by atoms with Crippen LogP contribution in [0.5, 0.6) is 0 Å². The average Bonchev–Trinajstić information content (AvgIpc) is 2.62. The molecule has 0 bridgehead atoms. The molecule has 2 atom stereocenters. The molecule has 0 spiro atoms. The number of carbonyl (C=O) groups is 2. The van der Waals surface area contributed by atoms with Crippen molar-refractivity contribution in [3.05, 3.63) is 0 Å². The molecular formula is C10H18N2O4. The number of aliphatic carboxylic acids is 1. The molecule has 1 rings (SSSR count). The van der Waals surface area contributed by atoms with Crippen molar-refractivity contribution < 1.29 is 19.8 Å². The van der Waals surface area contributed by atoms with Crippen LogP contribution >= 0.6 is 0 Å². The van der Waals surface area contributed by atoms with Gasteiger partial charge < -0.3 is 20.0 Å². The van der Waals surface area contributed by atoms with Crippen LogP contribution in [0.25, 0.3) is 0 Å². The second-order valence-electron chi connectivity index (χ2n) is 3.85. The first kappa shape index (κ1) is 12.8. The summed E-state index contributed by atoms with van der Waals surface area (Å²) in [5.41, 5.74) is 0. The van der Waals surface area contributed by atoms with Gasteiger partial charge in [0.05, 0.1) is 6.10 Å². The van der Waals surface area contributed by atoms with Crippen LogP contribution in [0.2, 0.25) is 0 Å². The van der Waals surface area contributed by atoms with E-state index in [9.17, 15) is 14.7 Å². The number of aliphatic hydroxyl groups is 1. The molecule has 16 heavy (non-hydrogen) atoms. The van der Waals surface area contributed by atoms with E-state index in [0.29, 0.717) is 13.1 Å². The van der Waals surface area contributed by atoms with Gasteiger partial charge in [0.25, 0.3) is 0 Å². The number of hydrogen-bond donors (Lipinski definition) is 2. The van der Waals surface area contributed by atoms with Crippen LogP contribution in [0.4, 0.5) is 4.79 Å². The maximum absolute atomic E-state index is 11.9. The summed E-state index contributed by atoms with van der Waals surface area (Å²) in [4.78, 5) is 25.7. The molecule has 1 saturated heterocycles. The Balaban J connectivity index is 2.77. The van der Waals surface area contributed by atoms with E-state index < -0.39 is 18.1 Å². The average molecular weight is 230 g/mol. The second-order valence-corrected chi connectivity index (χ2v) is 3.85. The number of carboxylic acids is 1. The summed E-state index contributed by atoms with van der Waals surface area (Å²) >= 11 is 0. The van der Waals surface area contributed by atoms with Crippen molar-refractivity contribution in [3.8, 4) is 0 Å². The summed E-state index contributed by atoms with van der Waals surface area (Å²) in [5.74, 6) is -1.06. The molecular weight excluding hydrogens is 212 g/mol. The topological polar surface area (TPSA) is 81.1 Å². The van der Waals surface area contributed by atoms with E-state index in [4.69, 9.17) is 5.11 Å². The highest BCUT2D eigenvalue weighted by atomic mass is 16.4. The van der Waals surface area contributed by atoms with Crippen LogP contribution in [0.1, 0.15) is 20.3 Å². The fourth-order valence-corrected chi connectivity index (χ4v) is 1.94. The summed E-state index contributed by atoms with van der Waals surface area (Å²) in [6.45, 7) is 4.85. The summed E-state index contributed by atoms with van der Waals surface area (Å²) < 4.78 is 0. The van der Waals surface area contributed by atoms with Crippen molar-refractivity contribution >= 4 is 12.0 Å². The lowest BCUT2D eigenvalue weighted by Gasteiger charge is -2.28. The van der Waals surface area contributed by atoms with Crippen molar-refractivity contribution in [3.63, 3.8) is 0 Å². The van der Waals surface area contributed by atoms with Crippen LogP contribution in [0.3, 0.4) is 0 Å². The van der Waals surface area contributed by atoms with Gasteiger partial charge in [-0.05, 0) is 13.8 Å². The van der Waals surface area contributed by atoms with Gasteiger partial charge >= 0.3 is 12.0 Å². The molecule has 0 unspecified atom stereocenters. The number of amides is 2. The van der Waals surface area contributed by atoms with E-state index >= 15 is 0 Å². The third kappa shape index (κ3) is 2.44. The number of carbonyl (C=O) groups excluding carboxylic acids is 1. The molecule has 0 saturated carbocycles. The van der Waals surface area contributed by atoms with Crippen LogP contribution < -0.4 is 0 Å². The monoisotopic (exact) mass is 230 g/mol. The quantitative estimate of drug-likeness (QED) is 0.713. The molecule has 6 heteroatoms. The molecule has 1 aliphatic rings. The molecule has 0 aromatic carbocycles. The third-order valence-corrected chi connectivity index (χ3v) is 2.84. The first-order valence-electron chi connectivity index (χ1n) is 5.47. The lowest BCUT2D eigenvalue weighted by atomic mass is 10.2. The highest BCUT2D eigenvalue weighted by molar-refractivity contribution is 5.83. The Bertz CT molecular complexity index is 278. The van der Waals surface area contributed by atoms with Crippen molar-refractivity contribution in [2.75, 3.05) is 19.6 Å². The molecule has 0 aromatic rings. The molecule has 6 nitrogen and oxygen atoms in total. The summed E-state index contributed by atoms with van der Waals surface area (Å²) in [7, 11) is 0. The fraction of sp³-hybridized carbons (Fsp3) is 0.800. The number of urea groups is 1. The van der Waals surface area contributed by atoms with Crippen molar-refractivity contribution in [1.82, 2.24) is 9.80 Å². The normalized spacial score (nSPS) is 24.6. The van der Waals surface area contributed by atoms with Gasteiger partial charge in [0.1, 0.15) is 6.04 Å². The summed E-state index contributed by atoms with van der Waals surface area (Å²) in [6, 6.07) is -1.21. The Morgan fingerprint density at radius 1 is 1.38 bits per heavy atom. The zero-order valence-electron chi connectivity index (χ0n) is 9.59. The molecule has 1 aliphatic heterocycles. The zero-order chi connectivity index (χ0) is 12.3. The lowest BCUT2D eigenvalue weighted by Crippen LogP contribution is -2.48. The first-order valence-corrected chi connectivity index (χ1v) is 5.47. The zero-order valence-corrected chi connectivity index (χ0v) is 9.59. The van der Waals surface area contributed by atoms with Crippen LogP contribution in [-0.4, -0.2) is 63.8 Å². The minimum atomic E-state index is -1.06. The Kier molecular flexibility index (Phi) is 4.12. The molecule has 1 fully saturated rings. The highest BCUT2D eigenvalue weighted by Crippen LogP contribution is 2.19. The van der Waals surface area contributed by atoms with Gasteiger partial charge in [0, 0.05) is 26.1 Å². The van der Waals surface area contributed by atoms with Crippen LogP contribution in [0, 0.1) is 0 Å². The predicted octanol–water partition coefficient (Wildman–Crippen LogP) is -0.0320. The number of β-amino-alcohol motifs (C(OH)–C–C–N with tert-alkyl or cyclic N) is 1. The molecule has 1 heterocycles. The number of carboxylic acid groups (broad SMARTS) is 1. The third-order valence-electron chi connectivity index (χ3n) is 2.84. The number of hydrogen-bond acceptors (Lipinski definition) is 3. The molecule has 0 radical (unpaired) electrons. The summed E-state index contributed by atoms with van der Waals surface area (Å²) in [5, 5.41) is 18.4. The number of likely N-dealkylation sites (tertiary alicyclic amines) is 1. The van der Waals surface area contributed by atoms with E-state index in [0.717, 1.165) is 0 Å². The first-order chi connectivity index (χ1) is 7.51. The van der Waals surface area contributed by atoms with Crippen molar-refractivity contribution in [2.45, 2.75) is 32.4 Å². The Morgan fingerprint density at radius 2 is 1.94 bits per heavy atom. The van der Waals surface area contributed by atoms with E-state index in [2.05, 4.69) is 0 Å². The maximum Gasteiger partial charge on any atom is 0.326 e. The summed E-state index contributed by atoms with van der Waals surface area (Å²) in [6.07, 6.45) is -0.622. The van der Waals surface area contributed by atoms with Crippen LogP contribution in [-0.2, 0) is 4.79 Å². The van der Waals surface area contributed by atoms with Gasteiger partial charge in [0.2, 0.25) is 0 Å². The smallest absolute Gasteiger partial charge is 0.326 e. The fourth-order valence-electron chi connectivity index (χ4n) is 1.94. The van der Waals surface area contributed by atoms with Gasteiger partial charge in [-0.15, -0.1) is 0 Å². The second kappa shape index (κ2) is 5.16. The van der Waals surface area contributed by atoms with E-state index in [-0.39, 0.29) is 19.0 Å². The van der Waals surface area contributed by atoms with Crippen molar-refractivity contribution in [2.24, 2.45) is 0 Å². The van der Waals surface area contributed by atoms with Gasteiger partial charge in [-0.2, -0.15) is 0 Å². The number of aliphatic hydroxyl groups excluding tert-OH is 1. The van der Waals surface area contributed by atoms with Gasteiger partial charge in [-0.25, -0.2) is 9.59 Å². The van der Waals surface area contributed by atoms with E-state index in [1.807, 2.05) is 13.8 Å². The largest absolute Gasteiger partial charge is 0.480 e. The molecule has 0 aliphatic carbocycles. The lowest BCUT2D eigenvalue weighted by molar-refractivity contribution is -0.141. The van der Waals surface area contributed by atoms with E-state index in [1.165, 1.54) is 4.90 Å². The Labute approximate surface area is 94.4 Å². The SMILES string of the molecule is CCN(CC)C(=O)N1C[C@@H](O)C[C@H]1C(=O)O. The molecule has 2 N–H and O–H groups in total. The van der Waals surface area contributed by atoms with Gasteiger partial charge in [-0.1, -0.05) is 0 Å². The van der Waals surface area contributed by atoms with Gasteiger partial charge in [0.15, 0.2) is 0 Å². The standard InChI is InChI=1S/C10H18N2O4/c1-3-11(4-2)10(16)12-6-7(13)5-8(12)9(14)15/h7-8,13H,3-6H2,1-2H3,(H,14,15)/t7-,8-/m0/s1. The maximum atomic E-state index is 11.9. The van der Waals surface area contributed by atoms with Crippen molar-refractivity contribution in [1.29, 1.82) is 0 Å². The van der Waals surface area contributed by atoms with Crippen LogP contribution in [0.15, 0.2) is 0 Å². The highest BCUT2D eigenvalue weighted by Gasteiger charge is 2.40. The molecule has 2 amide bonds. The predicted molar refractivity (Wildman–Crippen MR) is 57.1 cm³/mol. The minimum Gasteiger partial charge on any atom is -0.480 e.